The largest absolute Gasteiger partial charge is 0.298 e. The maximum absolute atomic E-state index is 10.8. The summed E-state index contributed by atoms with van der Waals surface area (Å²) in [5, 5.41) is 2.03. The van der Waals surface area contributed by atoms with Gasteiger partial charge in [-0.1, -0.05) is 36.4 Å². The van der Waals surface area contributed by atoms with Gasteiger partial charge in [0.25, 0.3) is 0 Å². The Morgan fingerprint density at radius 1 is 0.933 bits per heavy atom. The lowest BCUT2D eigenvalue weighted by molar-refractivity contribution is 0.112. The Labute approximate surface area is 92.7 Å². The Balaban J connectivity index is 2.27. The number of rotatable bonds is 3. The average Bonchev–Trinajstić information content (AvgIpc) is 2.79. The second-order valence-electron chi connectivity index (χ2n) is 3.10. The Kier molecular flexibility index (Phi) is 3.10. The van der Waals surface area contributed by atoms with Crippen molar-refractivity contribution >= 4 is 29.8 Å². The van der Waals surface area contributed by atoms with Gasteiger partial charge in [0.2, 0.25) is 0 Å². The summed E-state index contributed by atoms with van der Waals surface area (Å²) >= 11 is 1.68. The predicted molar refractivity (Wildman–Crippen MR) is 65.1 cm³/mol. The van der Waals surface area contributed by atoms with Gasteiger partial charge in [0.1, 0.15) is 0 Å². The second-order valence-corrected chi connectivity index (χ2v) is 4.07. The lowest BCUT2D eigenvalue weighted by atomic mass is 10.1. The Hall–Kier alpha value is -1.67. The summed E-state index contributed by atoms with van der Waals surface area (Å²) in [6.07, 6.45) is 4.87. The van der Waals surface area contributed by atoms with Gasteiger partial charge in [-0.25, -0.2) is 0 Å². The van der Waals surface area contributed by atoms with Crippen molar-refractivity contribution < 1.29 is 4.79 Å². The fourth-order valence-corrected chi connectivity index (χ4v) is 1.95. The van der Waals surface area contributed by atoms with Gasteiger partial charge in [0.05, 0.1) is 0 Å². The summed E-state index contributed by atoms with van der Waals surface area (Å²) in [7, 11) is 0. The molecule has 0 saturated heterocycles. The van der Waals surface area contributed by atoms with Crippen molar-refractivity contribution in [3.63, 3.8) is 0 Å². The molecule has 0 aliphatic rings. The topological polar surface area (TPSA) is 17.1 Å². The van der Waals surface area contributed by atoms with Crippen LogP contribution in [-0.2, 0) is 0 Å². The van der Waals surface area contributed by atoms with Gasteiger partial charge in [0, 0.05) is 10.4 Å². The van der Waals surface area contributed by atoms with Crippen LogP contribution in [0.4, 0.5) is 0 Å². The molecule has 0 aliphatic heterocycles. The maximum atomic E-state index is 10.8. The standard InChI is InChI=1S/C13H10OS/c14-10-12-5-2-1-4-11(12)7-8-13-6-3-9-15-13/h1-10H/b8-7+. The summed E-state index contributed by atoms with van der Waals surface area (Å²) in [6, 6.07) is 11.6. The molecule has 0 atom stereocenters. The number of hydrogen-bond acceptors (Lipinski definition) is 2. The zero-order valence-corrected chi connectivity index (χ0v) is 8.91. The first kappa shape index (κ1) is 9.87. The van der Waals surface area contributed by atoms with Crippen LogP contribution in [0.3, 0.4) is 0 Å². The maximum Gasteiger partial charge on any atom is 0.150 e. The molecule has 74 valence electrons. The summed E-state index contributed by atoms with van der Waals surface area (Å²) in [5.74, 6) is 0. The highest BCUT2D eigenvalue weighted by molar-refractivity contribution is 7.10. The van der Waals surface area contributed by atoms with E-state index in [0.717, 1.165) is 17.4 Å². The molecule has 0 radical (unpaired) electrons. The van der Waals surface area contributed by atoms with E-state index in [-0.39, 0.29) is 0 Å². The zero-order valence-electron chi connectivity index (χ0n) is 8.09. The normalized spacial score (nSPS) is 10.7. The van der Waals surface area contributed by atoms with Crippen molar-refractivity contribution in [1.29, 1.82) is 0 Å². The molecular weight excluding hydrogens is 204 g/mol. The molecule has 0 aliphatic carbocycles. The summed E-state index contributed by atoms with van der Waals surface area (Å²) in [6.45, 7) is 0. The summed E-state index contributed by atoms with van der Waals surface area (Å²) in [4.78, 5) is 11.9. The Morgan fingerprint density at radius 2 is 1.73 bits per heavy atom. The van der Waals surface area contributed by atoms with E-state index < -0.39 is 0 Å². The zero-order chi connectivity index (χ0) is 10.5. The van der Waals surface area contributed by atoms with E-state index in [1.165, 1.54) is 4.88 Å². The molecule has 0 saturated carbocycles. The fraction of sp³-hybridized carbons (Fsp3) is 0. The van der Waals surface area contributed by atoms with E-state index in [9.17, 15) is 4.79 Å². The van der Waals surface area contributed by atoms with Crippen LogP contribution in [0.15, 0.2) is 41.8 Å². The molecule has 2 aromatic rings. The van der Waals surface area contributed by atoms with Crippen LogP contribution in [0.1, 0.15) is 20.8 Å². The second kappa shape index (κ2) is 4.71. The lowest BCUT2D eigenvalue weighted by Crippen LogP contribution is -1.83. The third-order valence-electron chi connectivity index (χ3n) is 2.09. The molecular formula is C13H10OS. The Bertz CT molecular complexity index is 469. The van der Waals surface area contributed by atoms with E-state index in [0.29, 0.717) is 0 Å². The third-order valence-corrected chi connectivity index (χ3v) is 2.93. The minimum Gasteiger partial charge on any atom is -0.298 e. The molecule has 0 N–H and O–H groups in total. The summed E-state index contributed by atoms with van der Waals surface area (Å²) < 4.78 is 0. The van der Waals surface area contributed by atoms with Crippen LogP contribution in [0.2, 0.25) is 0 Å². The molecule has 0 bridgehead atoms. The van der Waals surface area contributed by atoms with Crippen molar-refractivity contribution in [2.45, 2.75) is 0 Å². The molecule has 1 aromatic carbocycles. The van der Waals surface area contributed by atoms with Gasteiger partial charge >= 0.3 is 0 Å². The Morgan fingerprint density at radius 3 is 2.40 bits per heavy atom. The SMILES string of the molecule is O=Cc1ccccc1/C=C/c1cccs1. The first-order valence-electron chi connectivity index (χ1n) is 4.66. The van der Waals surface area contributed by atoms with Crippen LogP contribution in [-0.4, -0.2) is 6.29 Å². The fourth-order valence-electron chi connectivity index (χ4n) is 1.33. The molecule has 1 aromatic heterocycles. The number of carbonyl (C=O) groups is 1. The molecule has 0 unspecified atom stereocenters. The van der Waals surface area contributed by atoms with E-state index in [1.807, 2.05) is 53.9 Å². The van der Waals surface area contributed by atoms with Crippen molar-refractivity contribution in [1.82, 2.24) is 0 Å². The average molecular weight is 214 g/mol. The molecule has 1 nitrogen and oxygen atoms in total. The lowest BCUT2D eigenvalue weighted by Gasteiger charge is -1.96. The number of carbonyl (C=O) groups excluding carboxylic acids is 1. The summed E-state index contributed by atoms with van der Waals surface area (Å²) in [5.41, 5.74) is 1.69. The van der Waals surface area contributed by atoms with Gasteiger partial charge in [-0.2, -0.15) is 0 Å². The van der Waals surface area contributed by atoms with Crippen LogP contribution < -0.4 is 0 Å². The van der Waals surface area contributed by atoms with Gasteiger partial charge in [0.15, 0.2) is 6.29 Å². The van der Waals surface area contributed by atoms with Crippen LogP contribution in [0.25, 0.3) is 12.2 Å². The van der Waals surface area contributed by atoms with Crippen LogP contribution in [0.5, 0.6) is 0 Å². The molecule has 0 spiro atoms. The van der Waals surface area contributed by atoms with E-state index >= 15 is 0 Å². The third kappa shape index (κ3) is 2.42. The van der Waals surface area contributed by atoms with Gasteiger partial charge in [-0.15, -0.1) is 11.3 Å². The molecule has 2 rings (SSSR count). The first-order chi connectivity index (χ1) is 7.40. The van der Waals surface area contributed by atoms with Crippen molar-refractivity contribution in [2.24, 2.45) is 0 Å². The minimum atomic E-state index is 0.727. The molecule has 15 heavy (non-hydrogen) atoms. The van der Waals surface area contributed by atoms with Crippen LogP contribution in [0, 0.1) is 0 Å². The molecule has 1 heterocycles. The predicted octanol–water partition coefficient (Wildman–Crippen LogP) is 3.73. The van der Waals surface area contributed by atoms with E-state index in [4.69, 9.17) is 0 Å². The molecule has 0 amide bonds. The highest BCUT2D eigenvalue weighted by atomic mass is 32.1. The number of aldehydes is 1. The smallest absolute Gasteiger partial charge is 0.150 e. The molecule has 0 fully saturated rings. The highest BCUT2D eigenvalue weighted by Crippen LogP contribution is 2.14. The number of thiophene rings is 1. The quantitative estimate of drug-likeness (QED) is 0.711. The van der Waals surface area contributed by atoms with Crippen LogP contribution >= 0.6 is 11.3 Å². The number of hydrogen-bond donors (Lipinski definition) is 0. The van der Waals surface area contributed by atoms with Crippen molar-refractivity contribution in [3.8, 4) is 0 Å². The monoisotopic (exact) mass is 214 g/mol. The number of benzene rings is 1. The molecule has 2 heteroatoms. The van der Waals surface area contributed by atoms with E-state index in [2.05, 4.69) is 0 Å². The minimum absolute atomic E-state index is 0.727. The van der Waals surface area contributed by atoms with Gasteiger partial charge in [-0.3, -0.25) is 4.79 Å². The van der Waals surface area contributed by atoms with Gasteiger partial charge < -0.3 is 0 Å². The van der Waals surface area contributed by atoms with Gasteiger partial charge in [-0.05, 0) is 23.1 Å². The van der Waals surface area contributed by atoms with Crippen molar-refractivity contribution in [3.05, 3.63) is 57.8 Å². The van der Waals surface area contributed by atoms with E-state index in [1.54, 1.807) is 11.3 Å². The first-order valence-corrected chi connectivity index (χ1v) is 5.54. The van der Waals surface area contributed by atoms with Crippen molar-refractivity contribution in [2.75, 3.05) is 0 Å². The highest BCUT2D eigenvalue weighted by Gasteiger charge is 1.95.